The molecule has 0 aromatic rings. The van der Waals surface area contributed by atoms with Crippen molar-refractivity contribution >= 4 is 20.8 Å². The second kappa shape index (κ2) is 42.9. The van der Waals surface area contributed by atoms with Crippen molar-refractivity contribution < 1.29 is 93.4 Å². The maximum Gasteiger partial charge on any atom is 1.00 e. The molecule has 46 heavy (non-hydrogen) atoms. The van der Waals surface area contributed by atoms with Gasteiger partial charge >= 0.3 is 59.1 Å². The minimum absolute atomic E-state index is 0. The smallest absolute Gasteiger partial charge is 0.726 e. The molecule has 0 radical (unpaired) electrons. The van der Waals surface area contributed by atoms with Gasteiger partial charge in [0.1, 0.15) is 0 Å². The van der Waals surface area contributed by atoms with E-state index in [-0.39, 0.29) is 72.3 Å². The number of unbranched alkanes of at least 4 members (excludes halogenated alkanes) is 28. The summed E-state index contributed by atoms with van der Waals surface area (Å²) < 4.78 is 69.5. The van der Waals surface area contributed by atoms with Crippen LogP contribution in [0.3, 0.4) is 0 Å². The third-order valence-electron chi connectivity index (χ3n) is 7.95. The van der Waals surface area contributed by atoms with Crippen molar-refractivity contribution in [3.05, 3.63) is 0 Å². The van der Waals surface area contributed by atoms with Crippen LogP contribution in [0.1, 0.15) is 206 Å². The molecule has 0 atom stereocenters. The maximum absolute atomic E-state index is 10.2. The summed E-state index contributed by atoms with van der Waals surface area (Å²) in [5.74, 6) is 0. The zero-order valence-electron chi connectivity index (χ0n) is 30.7. The molecule has 0 unspecified atom stereocenters. The van der Waals surface area contributed by atoms with Gasteiger partial charge in [0.15, 0.2) is 0 Å². The van der Waals surface area contributed by atoms with Crippen molar-refractivity contribution in [2.24, 2.45) is 0 Å². The molecule has 0 saturated carbocycles. The topological polar surface area (TPSA) is 133 Å². The molecule has 0 aliphatic carbocycles. The van der Waals surface area contributed by atoms with E-state index in [2.05, 4.69) is 22.2 Å². The van der Waals surface area contributed by atoms with Gasteiger partial charge < -0.3 is 9.11 Å². The summed E-state index contributed by atoms with van der Waals surface area (Å²) in [7, 11) is -8.99. The van der Waals surface area contributed by atoms with Crippen LogP contribution in [0.2, 0.25) is 0 Å². The summed E-state index contributed by atoms with van der Waals surface area (Å²) >= 11 is 0. The van der Waals surface area contributed by atoms with E-state index in [0.29, 0.717) is 12.8 Å². The molecule has 0 aliphatic rings. The fourth-order valence-corrected chi connectivity index (χ4v) is 5.91. The Morgan fingerprint density at radius 2 is 0.478 bits per heavy atom. The van der Waals surface area contributed by atoms with E-state index < -0.39 is 20.8 Å². The van der Waals surface area contributed by atoms with E-state index in [1.165, 1.54) is 154 Å². The zero-order chi connectivity index (χ0) is 33.0. The SMILES string of the molecule is CCCCCCCCCCCCCCCCCCOS(=O)(=O)[O-].CCCCCCCCCCCCCCCCOS(=O)(=O)[O-].[Na+].[Na+]. The van der Waals surface area contributed by atoms with E-state index >= 15 is 0 Å². The minimum atomic E-state index is -4.49. The Morgan fingerprint density at radius 1 is 0.326 bits per heavy atom. The van der Waals surface area contributed by atoms with Crippen LogP contribution in [0, 0.1) is 0 Å². The average Bonchev–Trinajstić information content (AvgIpc) is 2.96. The first-order chi connectivity index (χ1) is 21.1. The van der Waals surface area contributed by atoms with Gasteiger partial charge in [-0.15, -0.1) is 0 Å². The van der Waals surface area contributed by atoms with Gasteiger partial charge in [-0.25, -0.2) is 16.8 Å². The number of hydrogen-bond donors (Lipinski definition) is 0. The van der Waals surface area contributed by atoms with Gasteiger partial charge in [0.2, 0.25) is 20.8 Å². The van der Waals surface area contributed by atoms with E-state index in [0.717, 1.165) is 25.7 Å². The van der Waals surface area contributed by atoms with Crippen molar-refractivity contribution in [3.63, 3.8) is 0 Å². The van der Waals surface area contributed by atoms with Gasteiger partial charge in [-0.2, -0.15) is 0 Å². The monoisotopic (exact) mass is 716 g/mol. The molecule has 0 aliphatic heterocycles. The first kappa shape index (κ1) is 54.5. The van der Waals surface area contributed by atoms with E-state index in [1.54, 1.807) is 0 Å². The summed E-state index contributed by atoms with van der Waals surface area (Å²) in [5, 5.41) is 0. The van der Waals surface area contributed by atoms with E-state index in [1.807, 2.05) is 0 Å². The van der Waals surface area contributed by atoms with Crippen LogP contribution in [0.25, 0.3) is 0 Å². The van der Waals surface area contributed by atoms with E-state index in [9.17, 15) is 25.9 Å². The Bertz CT molecular complexity index is 769. The molecule has 0 aromatic heterocycles. The summed E-state index contributed by atoms with van der Waals surface area (Å²) in [5.41, 5.74) is 0. The molecule has 8 nitrogen and oxygen atoms in total. The molecule has 0 heterocycles. The Morgan fingerprint density at radius 3 is 0.630 bits per heavy atom. The summed E-state index contributed by atoms with van der Waals surface area (Å²) in [4.78, 5) is 0. The molecule has 0 bridgehead atoms. The third kappa shape index (κ3) is 58.0. The predicted molar refractivity (Wildman–Crippen MR) is 181 cm³/mol. The minimum Gasteiger partial charge on any atom is -0.726 e. The molecular formula is C34H70Na2O8S2. The van der Waals surface area contributed by atoms with Crippen molar-refractivity contribution in [3.8, 4) is 0 Å². The molecule has 0 fully saturated rings. The fourth-order valence-electron chi connectivity index (χ4n) is 5.27. The van der Waals surface area contributed by atoms with Crippen LogP contribution in [0.5, 0.6) is 0 Å². The normalized spacial score (nSPS) is 11.4. The van der Waals surface area contributed by atoms with Crippen molar-refractivity contribution in [1.82, 2.24) is 0 Å². The molecule has 12 heteroatoms. The van der Waals surface area contributed by atoms with Gasteiger partial charge in [0.05, 0.1) is 13.2 Å². The Kier molecular flexibility index (Phi) is 50.8. The third-order valence-corrected chi connectivity index (χ3v) is 8.86. The quantitative estimate of drug-likeness (QED) is 0.0406. The largest absolute Gasteiger partial charge is 1.00 e. The van der Waals surface area contributed by atoms with Gasteiger partial charge in [-0.05, 0) is 12.8 Å². The molecule has 268 valence electrons. The molecule has 0 saturated heterocycles. The van der Waals surface area contributed by atoms with E-state index in [4.69, 9.17) is 0 Å². The summed E-state index contributed by atoms with van der Waals surface area (Å²) in [6.07, 6.45) is 37.7. The van der Waals surface area contributed by atoms with Gasteiger partial charge in [-0.1, -0.05) is 194 Å². The van der Waals surface area contributed by atoms with Gasteiger partial charge in [-0.3, -0.25) is 8.37 Å². The Balaban J connectivity index is -0.000000369. The van der Waals surface area contributed by atoms with Crippen LogP contribution < -0.4 is 59.1 Å². The van der Waals surface area contributed by atoms with Crippen LogP contribution in [-0.2, 0) is 29.2 Å². The van der Waals surface area contributed by atoms with Crippen LogP contribution in [0.15, 0.2) is 0 Å². The standard InChI is InChI=1S/C18H38O4S.C16H34O4S.2Na/c1-2-3-4-5-6-7-8-9-10-11-12-13-14-15-16-17-18-22-23(19,20)21;1-2-3-4-5-6-7-8-9-10-11-12-13-14-15-16-20-21(17,18)19;;/h2-18H2,1H3,(H,19,20,21);2-16H2,1H3,(H,17,18,19);;/q;;2*+1/p-2. The molecule has 0 N–H and O–H groups in total. The second-order valence-electron chi connectivity index (χ2n) is 12.4. The van der Waals surface area contributed by atoms with Gasteiger partial charge in [0, 0.05) is 0 Å². The van der Waals surface area contributed by atoms with Crippen LogP contribution in [-0.4, -0.2) is 39.2 Å². The zero-order valence-corrected chi connectivity index (χ0v) is 36.3. The molecular weight excluding hydrogens is 646 g/mol. The van der Waals surface area contributed by atoms with Crippen molar-refractivity contribution in [1.29, 1.82) is 0 Å². The Hall–Kier alpha value is 1.74. The van der Waals surface area contributed by atoms with Crippen LogP contribution in [0.4, 0.5) is 0 Å². The Labute approximate surface area is 331 Å². The second-order valence-corrected chi connectivity index (χ2v) is 14.5. The summed E-state index contributed by atoms with van der Waals surface area (Å²) in [6.45, 7) is 4.57. The van der Waals surface area contributed by atoms with Crippen LogP contribution >= 0.6 is 0 Å². The first-order valence-corrected chi connectivity index (χ1v) is 21.0. The molecule has 0 spiro atoms. The summed E-state index contributed by atoms with van der Waals surface area (Å²) in [6, 6.07) is 0. The predicted octanol–water partition coefficient (Wildman–Crippen LogP) is 4.68. The average molecular weight is 717 g/mol. The maximum atomic E-state index is 10.2. The van der Waals surface area contributed by atoms with Crippen molar-refractivity contribution in [2.75, 3.05) is 13.2 Å². The van der Waals surface area contributed by atoms with Crippen molar-refractivity contribution in [2.45, 2.75) is 206 Å². The molecule has 0 amide bonds. The number of hydrogen-bond acceptors (Lipinski definition) is 8. The fraction of sp³-hybridized carbons (Fsp3) is 1.00. The molecule has 0 rings (SSSR count). The number of rotatable bonds is 34. The molecule has 0 aromatic carbocycles. The first-order valence-electron chi connectivity index (χ1n) is 18.3. The van der Waals surface area contributed by atoms with Gasteiger partial charge in [0.25, 0.3) is 0 Å².